The van der Waals surface area contributed by atoms with Gasteiger partial charge in [-0.2, -0.15) is 0 Å². The summed E-state index contributed by atoms with van der Waals surface area (Å²) in [6.45, 7) is 4.98. The van der Waals surface area contributed by atoms with E-state index in [-0.39, 0.29) is 6.54 Å². The van der Waals surface area contributed by atoms with E-state index in [4.69, 9.17) is 16.3 Å². The molecule has 1 unspecified atom stereocenters. The summed E-state index contributed by atoms with van der Waals surface area (Å²) in [4.78, 5) is 41.0. The fourth-order valence-corrected chi connectivity index (χ4v) is 4.24. The first kappa shape index (κ1) is 26.0. The van der Waals surface area contributed by atoms with Crippen LogP contribution < -0.4 is 15.5 Å². The standard InChI is InChI=1S/C29H28ClN3O4/c1-29(2,3)37-26(34)18-33-25-16-10-7-13-20(25)21(19-11-5-4-6-12-19)17-24(27(33)35)32-28(36)31-23-15-9-8-14-22(23)30/h4-17,24H,18H2,1-3H3,(H2,31,32,36). The molecule has 1 atom stereocenters. The molecule has 0 saturated carbocycles. The van der Waals surface area contributed by atoms with Crippen LogP contribution in [0.2, 0.25) is 5.02 Å². The predicted molar refractivity (Wildman–Crippen MR) is 146 cm³/mol. The molecule has 0 aromatic heterocycles. The number of urea groups is 1. The molecule has 0 fully saturated rings. The first-order valence-electron chi connectivity index (χ1n) is 11.8. The Kier molecular flexibility index (Phi) is 7.64. The molecule has 8 heteroatoms. The third-order valence-electron chi connectivity index (χ3n) is 5.55. The second-order valence-electron chi connectivity index (χ2n) is 9.53. The maximum Gasteiger partial charge on any atom is 0.326 e. The van der Waals surface area contributed by atoms with E-state index in [0.29, 0.717) is 16.4 Å². The zero-order valence-corrected chi connectivity index (χ0v) is 21.6. The van der Waals surface area contributed by atoms with E-state index in [2.05, 4.69) is 10.6 Å². The van der Waals surface area contributed by atoms with Gasteiger partial charge in [0, 0.05) is 5.56 Å². The van der Waals surface area contributed by atoms with E-state index in [1.165, 1.54) is 4.90 Å². The topological polar surface area (TPSA) is 87.7 Å². The number of carbonyl (C=O) groups excluding carboxylic acids is 3. The Labute approximate surface area is 221 Å². The van der Waals surface area contributed by atoms with Crippen molar-refractivity contribution in [2.75, 3.05) is 16.8 Å². The normalized spacial score (nSPS) is 15.2. The summed E-state index contributed by atoms with van der Waals surface area (Å²) in [5.41, 5.74) is 2.60. The number of nitrogens with one attached hydrogen (secondary N) is 2. The van der Waals surface area contributed by atoms with Gasteiger partial charge in [-0.1, -0.05) is 72.3 Å². The molecule has 0 aliphatic carbocycles. The number of benzene rings is 3. The van der Waals surface area contributed by atoms with Crippen LogP contribution in [0.1, 0.15) is 31.9 Å². The number of fused-ring (bicyclic) bond motifs is 1. The first-order valence-corrected chi connectivity index (χ1v) is 12.2. The Balaban J connectivity index is 1.74. The van der Waals surface area contributed by atoms with Gasteiger partial charge >= 0.3 is 12.0 Å². The van der Waals surface area contributed by atoms with Crippen molar-refractivity contribution in [2.45, 2.75) is 32.4 Å². The van der Waals surface area contributed by atoms with Gasteiger partial charge in [0.2, 0.25) is 0 Å². The summed E-state index contributed by atoms with van der Waals surface area (Å²) in [6.07, 6.45) is 1.71. The molecule has 7 nitrogen and oxygen atoms in total. The van der Waals surface area contributed by atoms with Gasteiger partial charge < -0.3 is 15.4 Å². The Morgan fingerprint density at radius 1 is 0.946 bits per heavy atom. The first-order chi connectivity index (χ1) is 17.6. The molecule has 1 heterocycles. The Morgan fingerprint density at radius 3 is 2.30 bits per heavy atom. The number of carbonyl (C=O) groups is 3. The van der Waals surface area contributed by atoms with Crippen LogP contribution in [0, 0.1) is 0 Å². The number of para-hydroxylation sites is 2. The number of halogens is 1. The molecule has 0 spiro atoms. The van der Waals surface area contributed by atoms with Crippen LogP contribution in [0.5, 0.6) is 0 Å². The van der Waals surface area contributed by atoms with Crippen molar-refractivity contribution in [1.29, 1.82) is 0 Å². The van der Waals surface area contributed by atoms with Gasteiger partial charge in [-0.05, 0) is 56.2 Å². The lowest BCUT2D eigenvalue weighted by atomic mass is 9.95. The summed E-state index contributed by atoms with van der Waals surface area (Å²) in [6, 6.07) is 22.0. The third-order valence-corrected chi connectivity index (χ3v) is 5.88. The van der Waals surface area contributed by atoms with Gasteiger partial charge in [-0.3, -0.25) is 14.5 Å². The fraction of sp³-hybridized carbons (Fsp3) is 0.207. The highest BCUT2D eigenvalue weighted by molar-refractivity contribution is 6.33. The highest BCUT2D eigenvalue weighted by Crippen LogP contribution is 2.35. The maximum atomic E-state index is 13.8. The molecular weight excluding hydrogens is 490 g/mol. The number of rotatable bonds is 5. The highest BCUT2D eigenvalue weighted by Gasteiger charge is 2.34. The SMILES string of the molecule is CC(C)(C)OC(=O)CN1C(=O)C(NC(=O)Nc2ccccc2Cl)C=C(c2ccccc2)c2ccccc21. The minimum Gasteiger partial charge on any atom is -0.459 e. The van der Waals surface area contributed by atoms with E-state index in [9.17, 15) is 14.4 Å². The summed E-state index contributed by atoms with van der Waals surface area (Å²) in [5, 5.41) is 5.79. The van der Waals surface area contributed by atoms with Crippen LogP contribution in [0.3, 0.4) is 0 Å². The second-order valence-corrected chi connectivity index (χ2v) is 9.94. The number of ether oxygens (including phenoxy) is 1. The van der Waals surface area contributed by atoms with Crippen LogP contribution in [0.15, 0.2) is 84.9 Å². The van der Waals surface area contributed by atoms with E-state index >= 15 is 0 Å². The highest BCUT2D eigenvalue weighted by atomic mass is 35.5. The molecule has 3 amide bonds. The molecule has 0 saturated heterocycles. The number of esters is 1. The van der Waals surface area contributed by atoms with Crippen molar-refractivity contribution < 1.29 is 19.1 Å². The Hall–Kier alpha value is -4.10. The van der Waals surface area contributed by atoms with Crippen molar-refractivity contribution in [3.63, 3.8) is 0 Å². The zero-order valence-electron chi connectivity index (χ0n) is 20.8. The number of anilines is 2. The third kappa shape index (κ3) is 6.37. The van der Waals surface area contributed by atoms with E-state index in [0.717, 1.165) is 16.7 Å². The molecule has 0 radical (unpaired) electrons. The average molecular weight is 518 g/mol. The lowest BCUT2D eigenvalue weighted by molar-refractivity contribution is -0.153. The smallest absolute Gasteiger partial charge is 0.326 e. The molecule has 2 N–H and O–H groups in total. The van der Waals surface area contributed by atoms with Gasteiger partial charge in [0.05, 0.1) is 16.4 Å². The van der Waals surface area contributed by atoms with Gasteiger partial charge in [0.1, 0.15) is 18.2 Å². The summed E-state index contributed by atoms with van der Waals surface area (Å²) in [7, 11) is 0. The molecule has 1 aliphatic rings. The van der Waals surface area contributed by atoms with Crippen LogP contribution in [-0.2, 0) is 14.3 Å². The van der Waals surface area contributed by atoms with Crippen molar-refractivity contribution in [3.8, 4) is 0 Å². The Bertz CT molecular complexity index is 1350. The predicted octanol–water partition coefficient (Wildman–Crippen LogP) is 5.65. The van der Waals surface area contributed by atoms with Crippen LogP contribution in [0.4, 0.5) is 16.2 Å². The second kappa shape index (κ2) is 10.9. The number of hydrogen-bond donors (Lipinski definition) is 2. The quantitative estimate of drug-likeness (QED) is 0.428. The van der Waals surface area contributed by atoms with Crippen LogP contribution >= 0.6 is 11.6 Å². The lowest BCUT2D eigenvalue weighted by Crippen LogP contribution is -2.50. The van der Waals surface area contributed by atoms with E-state index < -0.39 is 29.6 Å². The van der Waals surface area contributed by atoms with Crippen LogP contribution in [-0.4, -0.2) is 36.1 Å². The van der Waals surface area contributed by atoms with E-state index in [1.54, 1.807) is 63.2 Å². The molecule has 1 aliphatic heterocycles. The molecule has 0 bridgehead atoms. The number of amides is 3. The maximum absolute atomic E-state index is 13.8. The van der Waals surface area contributed by atoms with E-state index in [1.807, 2.05) is 42.5 Å². The van der Waals surface area contributed by atoms with Crippen molar-refractivity contribution in [2.24, 2.45) is 0 Å². The Morgan fingerprint density at radius 2 is 1.59 bits per heavy atom. The van der Waals surface area contributed by atoms with Crippen LogP contribution in [0.25, 0.3) is 5.57 Å². The largest absolute Gasteiger partial charge is 0.459 e. The zero-order chi connectivity index (χ0) is 26.6. The molecular formula is C29H28ClN3O4. The minimum atomic E-state index is -1.08. The summed E-state index contributed by atoms with van der Waals surface area (Å²) < 4.78 is 5.50. The molecule has 37 heavy (non-hydrogen) atoms. The van der Waals surface area contributed by atoms with Gasteiger partial charge in [0.25, 0.3) is 5.91 Å². The average Bonchev–Trinajstić information content (AvgIpc) is 2.96. The lowest BCUT2D eigenvalue weighted by Gasteiger charge is -2.27. The number of hydrogen-bond acceptors (Lipinski definition) is 4. The molecule has 3 aromatic rings. The van der Waals surface area contributed by atoms with Gasteiger partial charge in [0.15, 0.2) is 0 Å². The number of nitrogens with zero attached hydrogens (tertiary/aromatic N) is 1. The molecule has 3 aromatic carbocycles. The monoisotopic (exact) mass is 517 g/mol. The van der Waals surface area contributed by atoms with Gasteiger partial charge in [-0.15, -0.1) is 0 Å². The molecule has 190 valence electrons. The summed E-state index contributed by atoms with van der Waals surface area (Å²) in [5.74, 6) is -1.03. The van der Waals surface area contributed by atoms with Crippen molar-refractivity contribution in [3.05, 3.63) is 101 Å². The fourth-order valence-electron chi connectivity index (χ4n) is 4.05. The summed E-state index contributed by atoms with van der Waals surface area (Å²) >= 11 is 6.18. The van der Waals surface area contributed by atoms with Crippen molar-refractivity contribution in [1.82, 2.24) is 5.32 Å². The van der Waals surface area contributed by atoms with Crippen molar-refractivity contribution >= 4 is 46.5 Å². The van der Waals surface area contributed by atoms with Gasteiger partial charge in [-0.25, -0.2) is 4.79 Å². The minimum absolute atomic E-state index is 0.312. The molecule has 4 rings (SSSR count).